The number of para-hydroxylation sites is 1. The van der Waals surface area contributed by atoms with Crippen molar-refractivity contribution in [3.63, 3.8) is 0 Å². The molecular formula is C15H18N4. The summed E-state index contributed by atoms with van der Waals surface area (Å²) in [6.07, 6.45) is 1.80. The Labute approximate surface area is 113 Å². The highest BCUT2D eigenvalue weighted by Gasteiger charge is 2.08. The maximum atomic E-state index is 4.50. The lowest BCUT2D eigenvalue weighted by molar-refractivity contribution is 1.01. The van der Waals surface area contributed by atoms with Crippen LogP contribution in [0.3, 0.4) is 0 Å². The average Bonchev–Trinajstić information content (AvgIpc) is 2.44. The van der Waals surface area contributed by atoms with Crippen LogP contribution in [0.4, 0.5) is 17.5 Å². The minimum atomic E-state index is 0.678. The van der Waals surface area contributed by atoms with Gasteiger partial charge in [-0.1, -0.05) is 24.3 Å². The summed E-state index contributed by atoms with van der Waals surface area (Å²) in [6.45, 7) is 6.33. The summed E-state index contributed by atoms with van der Waals surface area (Å²) in [7, 11) is 1.96. The van der Waals surface area contributed by atoms with Crippen LogP contribution >= 0.6 is 0 Å². The molecule has 2 aromatic rings. The Bertz CT molecular complexity index is 551. The summed E-state index contributed by atoms with van der Waals surface area (Å²) in [6, 6.07) is 12.0. The Kier molecular flexibility index (Phi) is 4.13. The minimum Gasteiger partial charge on any atom is -0.366 e. The van der Waals surface area contributed by atoms with E-state index in [4.69, 9.17) is 0 Å². The molecule has 0 aliphatic rings. The fourth-order valence-corrected chi connectivity index (χ4v) is 1.74. The van der Waals surface area contributed by atoms with Gasteiger partial charge in [-0.25, -0.2) is 4.98 Å². The molecule has 1 aromatic heterocycles. The Morgan fingerprint density at radius 3 is 2.68 bits per heavy atom. The smallest absolute Gasteiger partial charge is 0.231 e. The molecule has 0 amide bonds. The molecule has 98 valence electrons. The highest BCUT2D eigenvalue weighted by molar-refractivity contribution is 5.57. The van der Waals surface area contributed by atoms with Gasteiger partial charge in [0.1, 0.15) is 5.82 Å². The standard InChI is InChI=1S/C15H18N4/c1-4-10-16-14-11-12(2)17-15(18-14)19(3)13-8-6-5-7-9-13/h4-9,11H,1,10H2,2-3H3,(H,16,17,18). The molecule has 4 heteroatoms. The fraction of sp³-hybridized carbons (Fsp3) is 0.200. The van der Waals surface area contributed by atoms with Gasteiger partial charge in [0.05, 0.1) is 0 Å². The lowest BCUT2D eigenvalue weighted by Gasteiger charge is -2.18. The number of nitrogens with one attached hydrogen (secondary N) is 1. The first-order valence-electron chi connectivity index (χ1n) is 6.20. The van der Waals surface area contributed by atoms with Crippen molar-refractivity contribution in [3.05, 3.63) is 54.7 Å². The van der Waals surface area contributed by atoms with Crippen LogP contribution in [-0.2, 0) is 0 Å². The zero-order valence-electron chi connectivity index (χ0n) is 11.3. The number of anilines is 3. The van der Waals surface area contributed by atoms with Gasteiger partial charge in [0, 0.05) is 31.0 Å². The first-order chi connectivity index (χ1) is 9.20. The Morgan fingerprint density at radius 2 is 2.00 bits per heavy atom. The Balaban J connectivity index is 2.28. The third-order valence-corrected chi connectivity index (χ3v) is 2.71. The topological polar surface area (TPSA) is 41.1 Å². The number of hydrogen-bond acceptors (Lipinski definition) is 4. The van der Waals surface area contributed by atoms with Gasteiger partial charge >= 0.3 is 0 Å². The van der Waals surface area contributed by atoms with Crippen molar-refractivity contribution < 1.29 is 0 Å². The van der Waals surface area contributed by atoms with E-state index in [1.54, 1.807) is 6.08 Å². The summed E-state index contributed by atoms with van der Waals surface area (Å²) in [4.78, 5) is 10.9. The fourth-order valence-electron chi connectivity index (χ4n) is 1.74. The van der Waals surface area contributed by atoms with E-state index in [2.05, 4.69) is 21.9 Å². The van der Waals surface area contributed by atoms with E-state index in [-0.39, 0.29) is 0 Å². The van der Waals surface area contributed by atoms with Gasteiger partial charge in [-0.2, -0.15) is 4.98 Å². The molecule has 0 aliphatic carbocycles. The van der Waals surface area contributed by atoms with Gasteiger partial charge in [0.15, 0.2) is 0 Å². The van der Waals surface area contributed by atoms with Crippen LogP contribution in [0.15, 0.2) is 49.1 Å². The number of aromatic nitrogens is 2. The van der Waals surface area contributed by atoms with Crippen LogP contribution in [-0.4, -0.2) is 23.6 Å². The zero-order valence-corrected chi connectivity index (χ0v) is 11.3. The maximum absolute atomic E-state index is 4.50. The number of hydrogen-bond donors (Lipinski definition) is 1. The van der Waals surface area contributed by atoms with Gasteiger partial charge in [-0.3, -0.25) is 0 Å². The Morgan fingerprint density at radius 1 is 1.26 bits per heavy atom. The summed E-state index contributed by atoms with van der Waals surface area (Å²) in [5, 5.41) is 3.19. The molecule has 0 saturated heterocycles. The first-order valence-corrected chi connectivity index (χ1v) is 6.20. The maximum Gasteiger partial charge on any atom is 0.231 e. The molecular weight excluding hydrogens is 236 g/mol. The normalized spacial score (nSPS) is 10.0. The van der Waals surface area contributed by atoms with Crippen LogP contribution in [0.5, 0.6) is 0 Å². The minimum absolute atomic E-state index is 0.678. The van der Waals surface area contributed by atoms with E-state index in [9.17, 15) is 0 Å². The van der Waals surface area contributed by atoms with Crippen LogP contribution < -0.4 is 10.2 Å². The quantitative estimate of drug-likeness (QED) is 0.832. The van der Waals surface area contributed by atoms with Crippen molar-refractivity contribution in [2.24, 2.45) is 0 Å². The molecule has 0 radical (unpaired) electrons. The van der Waals surface area contributed by atoms with Gasteiger partial charge < -0.3 is 10.2 Å². The third-order valence-electron chi connectivity index (χ3n) is 2.71. The monoisotopic (exact) mass is 254 g/mol. The van der Waals surface area contributed by atoms with E-state index >= 15 is 0 Å². The van der Waals surface area contributed by atoms with Gasteiger partial charge in [0.2, 0.25) is 5.95 Å². The second kappa shape index (κ2) is 6.00. The van der Waals surface area contributed by atoms with Crippen molar-refractivity contribution >= 4 is 17.5 Å². The number of aryl methyl sites for hydroxylation is 1. The van der Waals surface area contributed by atoms with E-state index < -0.39 is 0 Å². The average molecular weight is 254 g/mol. The first kappa shape index (κ1) is 13.1. The lowest BCUT2D eigenvalue weighted by Crippen LogP contribution is -2.14. The molecule has 0 atom stereocenters. The van der Waals surface area contributed by atoms with Gasteiger partial charge in [-0.15, -0.1) is 6.58 Å². The van der Waals surface area contributed by atoms with Crippen LogP contribution in [0.2, 0.25) is 0 Å². The molecule has 0 saturated carbocycles. The second-order valence-corrected chi connectivity index (χ2v) is 4.26. The summed E-state index contributed by atoms with van der Waals surface area (Å²) < 4.78 is 0. The van der Waals surface area contributed by atoms with Crippen LogP contribution in [0.1, 0.15) is 5.69 Å². The van der Waals surface area contributed by atoms with Crippen LogP contribution in [0, 0.1) is 6.92 Å². The SMILES string of the molecule is C=CCNc1cc(C)nc(N(C)c2ccccc2)n1. The van der Waals surface area contributed by atoms with Crippen molar-refractivity contribution in [1.82, 2.24) is 9.97 Å². The number of rotatable bonds is 5. The molecule has 19 heavy (non-hydrogen) atoms. The van der Waals surface area contributed by atoms with Crippen LogP contribution in [0.25, 0.3) is 0 Å². The van der Waals surface area contributed by atoms with Crippen molar-refractivity contribution in [1.29, 1.82) is 0 Å². The van der Waals surface area contributed by atoms with E-state index in [1.165, 1.54) is 0 Å². The van der Waals surface area contributed by atoms with Crippen molar-refractivity contribution in [2.75, 3.05) is 23.8 Å². The van der Waals surface area contributed by atoms with E-state index in [1.807, 2.05) is 55.3 Å². The van der Waals surface area contributed by atoms with Crippen molar-refractivity contribution in [3.8, 4) is 0 Å². The highest BCUT2D eigenvalue weighted by Crippen LogP contribution is 2.21. The molecule has 1 aromatic carbocycles. The number of nitrogens with zero attached hydrogens (tertiary/aromatic N) is 3. The number of benzene rings is 1. The van der Waals surface area contributed by atoms with Gasteiger partial charge in [-0.05, 0) is 19.1 Å². The Hall–Kier alpha value is -2.36. The molecule has 1 N–H and O–H groups in total. The predicted molar refractivity (Wildman–Crippen MR) is 80.0 cm³/mol. The molecule has 2 rings (SSSR count). The second-order valence-electron chi connectivity index (χ2n) is 4.26. The summed E-state index contributed by atoms with van der Waals surface area (Å²) in [5.74, 6) is 1.49. The molecule has 0 spiro atoms. The molecule has 0 fully saturated rings. The highest BCUT2D eigenvalue weighted by atomic mass is 15.2. The predicted octanol–water partition coefficient (Wildman–Crippen LogP) is 3.15. The third kappa shape index (κ3) is 3.31. The van der Waals surface area contributed by atoms with Crippen molar-refractivity contribution in [2.45, 2.75) is 6.92 Å². The summed E-state index contributed by atoms with van der Waals surface area (Å²) in [5.41, 5.74) is 1.99. The largest absolute Gasteiger partial charge is 0.366 e. The summed E-state index contributed by atoms with van der Waals surface area (Å²) >= 11 is 0. The molecule has 0 unspecified atom stereocenters. The van der Waals surface area contributed by atoms with Gasteiger partial charge in [0.25, 0.3) is 0 Å². The molecule has 0 bridgehead atoms. The lowest BCUT2D eigenvalue weighted by atomic mass is 10.3. The molecule has 1 heterocycles. The van der Waals surface area contributed by atoms with E-state index in [0.717, 1.165) is 17.2 Å². The van der Waals surface area contributed by atoms with E-state index in [0.29, 0.717) is 12.5 Å². The molecule has 0 aliphatic heterocycles. The zero-order chi connectivity index (χ0) is 13.7. The molecule has 4 nitrogen and oxygen atoms in total.